The zero-order chi connectivity index (χ0) is 53.6. The normalized spacial score (nSPS) is 20.0. The van der Waals surface area contributed by atoms with Crippen LogP contribution in [0.15, 0.2) is 134 Å². The molecular formula is C65H107NO8. The summed E-state index contributed by atoms with van der Waals surface area (Å²) >= 11 is 0. The Kier molecular flexibility index (Phi) is 48.7. The maximum absolute atomic E-state index is 13.1. The molecule has 0 bridgehead atoms. The Morgan fingerprint density at radius 1 is 0.473 bits per heavy atom. The van der Waals surface area contributed by atoms with Gasteiger partial charge in [0.05, 0.1) is 25.4 Å². The maximum Gasteiger partial charge on any atom is 0.220 e. The van der Waals surface area contributed by atoms with Crippen LogP contribution >= 0.6 is 0 Å². The standard InChI is InChI=1S/C65H107NO8/c1-3-5-7-9-11-13-15-17-19-21-23-24-25-26-27-28-29-30-31-32-33-34-35-36-37-39-41-43-45-47-49-51-53-55-61(69)66-58(57-73-65-64(72)63(71)62(70)60(56-67)74-65)59(68)54-52-50-48-46-44-42-40-38-22-20-18-16-14-12-10-8-6-4-2/h5,7,11,13,17,19,22-24,26-27,29-30,32-33,35-36,38,44,46,52,54,58-60,62-65,67-68,70-72H,3-4,6,8-10,12,14-16,18,20-21,25,28,31,34,37,39-43,45,47-51,53,55-57H2,1-2H3,(H,66,69)/b7-5-,13-11-,19-17-,24-23-,27-26-,30-29-,33-32-,36-35-,38-22+,46-44+,54-52+. The van der Waals surface area contributed by atoms with Crippen LogP contribution in [0.25, 0.3) is 0 Å². The first-order valence-corrected chi connectivity index (χ1v) is 29.4. The summed E-state index contributed by atoms with van der Waals surface area (Å²) in [5.41, 5.74) is 0. The number of rotatable bonds is 48. The van der Waals surface area contributed by atoms with E-state index in [4.69, 9.17) is 9.47 Å². The van der Waals surface area contributed by atoms with E-state index in [0.717, 1.165) is 116 Å². The topological polar surface area (TPSA) is 149 Å². The minimum Gasteiger partial charge on any atom is -0.394 e. The van der Waals surface area contributed by atoms with Gasteiger partial charge in [-0.05, 0) is 109 Å². The number of ether oxygens (including phenoxy) is 2. The van der Waals surface area contributed by atoms with Gasteiger partial charge < -0.3 is 40.3 Å². The van der Waals surface area contributed by atoms with Crippen molar-refractivity contribution in [3.05, 3.63) is 134 Å². The second-order valence-electron chi connectivity index (χ2n) is 19.7. The molecule has 420 valence electrons. The number of carbonyl (C=O) groups excluding carboxylic acids is 1. The highest BCUT2D eigenvalue weighted by Crippen LogP contribution is 2.23. The molecule has 0 spiro atoms. The fourth-order valence-electron chi connectivity index (χ4n) is 8.32. The summed E-state index contributed by atoms with van der Waals surface area (Å²) in [6.07, 6.45) is 73.7. The minimum absolute atomic E-state index is 0.205. The lowest BCUT2D eigenvalue weighted by molar-refractivity contribution is -0.302. The van der Waals surface area contributed by atoms with Gasteiger partial charge >= 0.3 is 0 Å². The summed E-state index contributed by atoms with van der Waals surface area (Å²) < 4.78 is 11.2. The molecule has 9 nitrogen and oxygen atoms in total. The molecule has 1 fully saturated rings. The number of amides is 1. The fraction of sp³-hybridized carbons (Fsp3) is 0.646. The number of allylic oxidation sites excluding steroid dienone is 21. The Bertz CT molecular complexity index is 1620. The van der Waals surface area contributed by atoms with Gasteiger partial charge in [0, 0.05) is 6.42 Å². The molecule has 0 aromatic rings. The van der Waals surface area contributed by atoms with E-state index in [-0.39, 0.29) is 12.5 Å². The molecule has 0 aromatic carbocycles. The molecule has 1 aliphatic rings. The average molecular weight is 1030 g/mol. The van der Waals surface area contributed by atoms with Gasteiger partial charge in [-0.2, -0.15) is 0 Å². The summed E-state index contributed by atoms with van der Waals surface area (Å²) in [5, 5.41) is 54.5. The summed E-state index contributed by atoms with van der Waals surface area (Å²) in [6, 6.07) is -0.843. The Balaban J connectivity index is 2.25. The predicted molar refractivity (Wildman–Crippen MR) is 313 cm³/mol. The number of unbranched alkanes of at least 4 members (excludes halogenated alkanes) is 18. The molecule has 0 saturated carbocycles. The summed E-state index contributed by atoms with van der Waals surface area (Å²) in [4.78, 5) is 13.1. The van der Waals surface area contributed by atoms with E-state index in [0.29, 0.717) is 6.42 Å². The van der Waals surface area contributed by atoms with Crippen LogP contribution in [0, 0.1) is 0 Å². The average Bonchev–Trinajstić information content (AvgIpc) is 3.40. The zero-order valence-electron chi connectivity index (χ0n) is 46.5. The van der Waals surface area contributed by atoms with E-state index in [2.05, 4.69) is 141 Å². The molecule has 7 unspecified atom stereocenters. The molecular weight excluding hydrogens is 923 g/mol. The van der Waals surface area contributed by atoms with Crippen LogP contribution in [-0.2, 0) is 14.3 Å². The van der Waals surface area contributed by atoms with E-state index < -0.39 is 49.5 Å². The number of nitrogens with one attached hydrogen (secondary N) is 1. The van der Waals surface area contributed by atoms with Crippen molar-refractivity contribution in [3.8, 4) is 0 Å². The smallest absolute Gasteiger partial charge is 0.220 e. The Hall–Kier alpha value is -3.67. The van der Waals surface area contributed by atoms with E-state index in [1.165, 1.54) is 77.0 Å². The number of aliphatic hydroxyl groups is 5. The molecule has 1 saturated heterocycles. The quantitative estimate of drug-likeness (QED) is 0.0261. The lowest BCUT2D eigenvalue weighted by Gasteiger charge is -2.40. The van der Waals surface area contributed by atoms with Gasteiger partial charge in [0.1, 0.15) is 24.4 Å². The SMILES string of the molecule is CC/C=C\C/C=C\C/C=C\C/C=C\C/C=C\C/C=C\C/C=C\C/C=C\CCCCCCCCCCC(=O)NC(COC1OC(CO)C(O)C(O)C1O)C(O)/C=C/CC/C=C/CC/C=C/CCCCCCCCCC. The fourth-order valence-corrected chi connectivity index (χ4v) is 8.32. The Morgan fingerprint density at radius 2 is 0.851 bits per heavy atom. The highest BCUT2D eigenvalue weighted by atomic mass is 16.7. The van der Waals surface area contributed by atoms with Gasteiger partial charge in [-0.1, -0.05) is 231 Å². The molecule has 0 radical (unpaired) electrons. The van der Waals surface area contributed by atoms with Crippen molar-refractivity contribution >= 4 is 5.91 Å². The third-order valence-corrected chi connectivity index (χ3v) is 12.9. The van der Waals surface area contributed by atoms with Crippen LogP contribution in [0.2, 0.25) is 0 Å². The molecule has 0 aliphatic carbocycles. The Morgan fingerprint density at radius 3 is 1.30 bits per heavy atom. The molecule has 9 heteroatoms. The van der Waals surface area contributed by atoms with Crippen LogP contribution in [-0.4, -0.2) is 87.5 Å². The van der Waals surface area contributed by atoms with Crippen molar-refractivity contribution in [2.75, 3.05) is 13.2 Å². The van der Waals surface area contributed by atoms with Crippen molar-refractivity contribution in [1.29, 1.82) is 0 Å². The van der Waals surface area contributed by atoms with Gasteiger partial charge in [0.2, 0.25) is 5.91 Å². The third kappa shape index (κ3) is 41.6. The first-order chi connectivity index (χ1) is 36.3. The molecule has 74 heavy (non-hydrogen) atoms. The van der Waals surface area contributed by atoms with E-state index in [9.17, 15) is 30.3 Å². The van der Waals surface area contributed by atoms with Gasteiger partial charge in [0.15, 0.2) is 6.29 Å². The lowest BCUT2D eigenvalue weighted by atomic mass is 9.99. The predicted octanol–water partition coefficient (Wildman–Crippen LogP) is 14.9. The number of hydrogen-bond donors (Lipinski definition) is 6. The number of hydrogen-bond acceptors (Lipinski definition) is 8. The third-order valence-electron chi connectivity index (χ3n) is 12.9. The monoisotopic (exact) mass is 1030 g/mol. The van der Waals surface area contributed by atoms with Gasteiger partial charge in [0.25, 0.3) is 0 Å². The van der Waals surface area contributed by atoms with E-state index >= 15 is 0 Å². The van der Waals surface area contributed by atoms with Crippen molar-refractivity contribution in [2.24, 2.45) is 0 Å². The minimum atomic E-state index is -1.58. The van der Waals surface area contributed by atoms with Crippen LogP contribution in [0.1, 0.15) is 213 Å². The van der Waals surface area contributed by atoms with Crippen molar-refractivity contribution in [3.63, 3.8) is 0 Å². The summed E-state index contributed by atoms with van der Waals surface area (Å²) in [5.74, 6) is -0.205. The van der Waals surface area contributed by atoms with Crippen LogP contribution < -0.4 is 5.32 Å². The lowest BCUT2D eigenvalue weighted by Crippen LogP contribution is -2.60. The van der Waals surface area contributed by atoms with E-state index in [1.54, 1.807) is 6.08 Å². The van der Waals surface area contributed by atoms with Gasteiger partial charge in [-0.15, -0.1) is 0 Å². The van der Waals surface area contributed by atoms with Crippen LogP contribution in [0.4, 0.5) is 0 Å². The molecule has 6 N–H and O–H groups in total. The zero-order valence-corrected chi connectivity index (χ0v) is 46.5. The second kappa shape index (κ2) is 52.8. The highest BCUT2D eigenvalue weighted by Gasteiger charge is 2.44. The largest absolute Gasteiger partial charge is 0.394 e. The second-order valence-corrected chi connectivity index (χ2v) is 19.7. The summed E-state index contributed by atoms with van der Waals surface area (Å²) in [7, 11) is 0. The number of aliphatic hydroxyl groups excluding tert-OH is 5. The molecule has 1 rings (SSSR count). The molecule has 1 heterocycles. The van der Waals surface area contributed by atoms with Gasteiger partial charge in [-0.3, -0.25) is 4.79 Å². The first-order valence-electron chi connectivity index (χ1n) is 29.4. The van der Waals surface area contributed by atoms with Crippen LogP contribution in [0.5, 0.6) is 0 Å². The molecule has 1 amide bonds. The Labute approximate surface area is 451 Å². The van der Waals surface area contributed by atoms with Crippen molar-refractivity contribution < 1.29 is 39.8 Å². The van der Waals surface area contributed by atoms with Gasteiger partial charge in [-0.25, -0.2) is 0 Å². The van der Waals surface area contributed by atoms with Crippen LogP contribution in [0.3, 0.4) is 0 Å². The first kappa shape index (κ1) is 68.3. The molecule has 0 aromatic heterocycles. The highest BCUT2D eigenvalue weighted by molar-refractivity contribution is 5.76. The summed E-state index contributed by atoms with van der Waals surface area (Å²) in [6.45, 7) is 3.62. The number of carbonyl (C=O) groups is 1. The maximum atomic E-state index is 13.1. The molecule has 7 atom stereocenters. The molecule has 1 aliphatic heterocycles. The van der Waals surface area contributed by atoms with Crippen molar-refractivity contribution in [2.45, 2.75) is 256 Å². The van der Waals surface area contributed by atoms with E-state index in [1.807, 2.05) is 6.08 Å². The van der Waals surface area contributed by atoms with Crippen molar-refractivity contribution in [1.82, 2.24) is 5.32 Å².